The third kappa shape index (κ3) is 2.37. The second-order valence-electron chi connectivity index (χ2n) is 3.95. The molecule has 0 spiro atoms. The Bertz CT molecular complexity index is 340. The van der Waals surface area contributed by atoms with Crippen LogP contribution in [0.2, 0.25) is 0 Å². The molecule has 15 heavy (non-hydrogen) atoms. The lowest BCUT2D eigenvalue weighted by Crippen LogP contribution is -2.32. The predicted octanol–water partition coefficient (Wildman–Crippen LogP) is 1.85. The van der Waals surface area contributed by atoms with Gasteiger partial charge in [-0.05, 0) is 18.9 Å². The van der Waals surface area contributed by atoms with Gasteiger partial charge in [0, 0.05) is 19.7 Å². The number of carboxylic acid groups (broad SMARTS) is 1. The number of carbonyl (C=O) groups is 1. The molecule has 0 fully saturated rings. The third-order valence-electron chi connectivity index (χ3n) is 3.10. The summed E-state index contributed by atoms with van der Waals surface area (Å²) in [6.45, 7) is 3.83. The molecule has 0 saturated carbocycles. The molecule has 0 aliphatic rings. The number of aryl methyl sites for hydroxylation is 1. The van der Waals surface area contributed by atoms with Crippen LogP contribution in [0.3, 0.4) is 0 Å². The molecule has 1 aromatic rings. The molecular formula is C11H18N2O2. The van der Waals surface area contributed by atoms with Gasteiger partial charge in [0.15, 0.2) is 0 Å². The first-order valence-electron chi connectivity index (χ1n) is 5.26. The van der Waals surface area contributed by atoms with E-state index in [1.807, 2.05) is 33.2 Å². The Morgan fingerprint density at radius 1 is 1.53 bits per heavy atom. The summed E-state index contributed by atoms with van der Waals surface area (Å²) < 4.78 is 1.70. The van der Waals surface area contributed by atoms with Gasteiger partial charge in [0.05, 0.1) is 11.1 Å². The zero-order valence-electron chi connectivity index (χ0n) is 9.53. The number of rotatable bonds is 5. The van der Waals surface area contributed by atoms with Crippen molar-refractivity contribution in [2.24, 2.45) is 12.5 Å². The van der Waals surface area contributed by atoms with Crippen molar-refractivity contribution < 1.29 is 9.90 Å². The molecule has 0 radical (unpaired) electrons. The fourth-order valence-electron chi connectivity index (χ4n) is 1.78. The molecule has 1 heterocycles. The van der Waals surface area contributed by atoms with E-state index < -0.39 is 11.4 Å². The minimum absolute atomic E-state index is 0.510. The van der Waals surface area contributed by atoms with Crippen LogP contribution in [-0.4, -0.2) is 20.9 Å². The highest BCUT2D eigenvalue weighted by Gasteiger charge is 2.35. The van der Waals surface area contributed by atoms with Crippen LogP contribution in [0.5, 0.6) is 0 Å². The molecule has 0 aliphatic carbocycles. The van der Waals surface area contributed by atoms with E-state index in [-0.39, 0.29) is 0 Å². The van der Waals surface area contributed by atoms with E-state index in [2.05, 4.69) is 5.10 Å². The van der Waals surface area contributed by atoms with Crippen LogP contribution in [0.4, 0.5) is 0 Å². The van der Waals surface area contributed by atoms with Crippen molar-refractivity contribution in [3.05, 3.63) is 18.0 Å². The van der Waals surface area contributed by atoms with Gasteiger partial charge in [-0.2, -0.15) is 5.10 Å². The molecule has 4 nitrogen and oxygen atoms in total. The quantitative estimate of drug-likeness (QED) is 0.807. The van der Waals surface area contributed by atoms with Gasteiger partial charge in [-0.1, -0.05) is 13.8 Å². The van der Waals surface area contributed by atoms with Crippen LogP contribution in [0.15, 0.2) is 12.3 Å². The SMILES string of the molecule is CCC(CC)(Cc1ccn(C)n1)C(=O)O. The highest BCUT2D eigenvalue weighted by atomic mass is 16.4. The van der Waals surface area contributed by atoms with E-state index in [0.717, 1.165) is 5.69 Å². The lowest BCUT2D eigenvalue weighted by Gasteiger charge is -2.25. The van der Waals surface area contributed by atoms with Gasteiger partial charge in [-0.3, -0.25) is 9.48 Å². The topological polar surface area (TPSA) is 55.1 Å². The molecular weight excluding hydrogens is 192 g/mol. The largest absolute Gasteiger partial charge is 0.481 e. The number of carboxylic acids is 1. The Morgan fingerprint density at radius 3 is 2.47 bits per heavy atom. The summed E-state index contributed by atoms with van der Waals surface area (Å²) in [5.41, 5.74) is 0.192. The molecule has 0 saturated heterocycles. The molecule has 4 heteroatoms. The Balaban J connectivity index is 2.88. The maximum Gasteiger partial charge on any atom is 0.310 e. The minimum atomic E-state index is -0.724. The highest BCUT2D eigenvalue weighted by molar-refractivity contribution is 5.74. The minimum Gasteiger partial charge on any atom is -0.481 e. The highest BCUT2D eigenvalue weighted by Crippen LogP contribution is 2.30. The van der Waals surface area contributed by atoms with Gasteiger partial charge in [-0.15, -0.1) is 0 Å². The van der Waals surface area contributed by atoms with E-state index in [0.29, 0.717) is 19.3 Å². The lowest BCUT2D eigenvalue weighted by atomic mass is 9.78. The molecule has 1 N–H and O–H groups in total. The number of hydrogen-bond donors (Lipinski definition) is 1. The summed E-state index contributed by atoms with van der Waals surface area (Å²) >= 11 is 0. The summed E-state index contributed by atoms with van der Waals surface area (Å²) in [6.07, 6.45) is 3.62. The molecule has 0 unspecified atom stereocenters. The van der Waals surface area contributed by atoms with Gasteiger partial charge < -0.3 is 5.11 Å². The van der Waals surface area contributed by atoms with E-state index in [1.54, 1.807) is 4.68 Å². The maximum atomic E-state index is 11.3. The normalized spacial score (nSPS) is 11.7. The number of aromatic nitrogens is 2. The second-order valence-corrected chi connectivity index (χ2v) is 3.95. The van der Waals surface area contributed by atoms with Crippen LogP contribution in [0.1, 0.15) is 32.4 Å². The van der Waals surface area contributed by atoms with Crippen LogP contribution >= 0.6 is 0 Å². The summed E-state index contributed by atoms with van der Waals surface area (Å²) in [7, 11) is 1.84. The molecule has 1 rings (SSSR count). The zero-order chi connectivity index (χ0) is 11.5. The van der Waals surface area contributed by atoms with Crippen LogP contribution < -0.4 is 0 Å². The van der Waals surface area contributed by atoms with Crippen LogP contribution in [0, 0.1) is 5.41 Å². The first-order chi connectivity index (χ1) is 7.04. The average Bonchev–Trinajstić information content (AvgIpc) is 2.60. The monoisotopic (exact) mass is 210 g/mol. The maximum absolute atomic E-state index is 11.3. The number of nitrogens with zero attached hydrogens (tertiary/aromatic N) is 2. The summed E-state index contributed by atoms with van der Waals surface area (Å²) in [5, 5.41) is 13.5. The fraction of sp³-hybridized carbons (Fsp3) is 0.636. The zero-order valence-corrected chi connectivity index (χ0v) is 9.53. The van der Waals surface area contributed by atoms with Crippen molar-refractivity contribution in [2.75, 3.05) is 0 Å². The first-order valence-corrected chi connectivity index (χ1v) is 5.26. The summed E-state index contributed by atoms with van der Waals surface area (Å²) in [4.78, 5) is 11.3. The predicted molar refractivity (Wildman–Crippen MR) is 57.6 cm³/mol. The smallest absolute Gasteiger partial charge is 0.310 e. The Kier molecular flexibility index (Phi) is 3.50. The van der Waals surface area contributed by atoms with E-state index in [4.69, 9.17) is 0 Å². The molecule has 0 atom stereocenters. The molecule has 1 aromatic heterocycles. The second kappa shape index (κ2) is 4.47. The van der Waals surface area contributed by atoms with Crippen molar-refractivity contribution >= 4 is 5.97 Å². The van der Waals surface area contributed by atoms with Crippen molar-refractivity contribution in [3.8, 4) is 0 Å². The number of hydrogen-bond acceptors (Lipinski definition) is 2. The summed E-state index contributed by atoms with van der Waals surface area (Å²) in [5.74, 6) is -0.724. The van der Waals surface area contributed by atoms with Gasteiger partial charge in [-0.25, -0.2) is 0 Å². The van der Waals surface area contributed by atoms with Crippen LogP contribution in [-0.2, 0) is 18.3 Å². The molecule has 0 bridgehead atoms. The van der Waals surface area contributed by atoms with Crippen molar-refractivity contribution in [1.82, 2.24) is 9.78 Å². The standard InChI is InChI=1S/C11H18N2O2/c1-4-11(5-2,10(14)15)8-9-6-7-13(3)12-9/h6-7H,4-5,8H2,1-3H3,(H,14,15). The van der Waals surface area contributed by atoms with Gasteiger partial charge in [0.1, 0.15) is 0 Å². The Hall–Kier alpha value is -1.32. The summed E-state index contributed by atoms with van der Waals surface area (Å²) in [6, 6.07) is 1.88. The van der Waals surface area contributed by atoms with E-state index in [9.17, 15) is 9.90 Å². The van der Waals surface area contributed by atoms with E-state index >= 15 is 0 Å². The Morgan fingerprint density at radius 2 is 2.13 bits per heavy atom. The Labute approximate surface area is 89.9 Å². The van der Waals surface area contributed by atoms with Crippen molar-refractivity contribution in [1.29, 1.82) is 0 Å². The fourth-order valence-corrected chi connectivity index (χ4v) is 1.78. The van der Waals surface area contributed by atoms with Crippen molar-refractivity contribution in [2.45, 2.75) is 33.1 Å². The van der Waals surface area contributed by atoms with Gasteiger partial charge >= 0.3 is 5.97 Å². The average molecular weight is 210 g/mol. The van der Waals surface area contributed by atoms with Crippen molar-refractivity contribution in [3.63, 3.8) is 0 Å². The molecule has 0 amide bonds. The lowest BCUT2D eigenvalue weighted by molar-refractivity contribution is -0.149. The van der Waals surface area contributed by atoms with Gasteiger partial charge in [0.25, 0.3) is 0 Å². The first kappa shape index (κ1) is 11.8. The number of aliphatic carboxylic acids is 1. The van der Waals surface area contributed by atoms with E-state index in [1.165, 1.54) is 0 Å². The molecule has 0 aromatic carbocycles. The van der Waals surface area contributed by atoms with Crippen LogP contribution in [0.25, 0.3) is 0 Å². The molecule has 0 aliphatic heterocycles. The molecule has 84 valence electrons. The van der Waals surface area contributed by atoms with Gasteiger partial charge in [0.2, 0.25) is 0 Å². The third-order valence-corrected chi connectivity index (χ3v) is 3.10.